The summed E-state index contributed by atoms with van der Waals surface area (Å²) in [6.45, 7) is 3.82. The highest BCUT2D eigenvalue weighted by molar-refractivity contribution is 5.86. The van der Waals surface area contributed by atoms with Crippen LogP contribution in [0.15, 0.2) is 23.3 Å². The van der Waals surface area contributed by atoms with Crippen molar-refractivity contribution in [1.82, 2.24) is 5.43 Å². The molecule has 0 bridgehead atoms. The zero-order valence-corrected chi connectivity index (χ0v) is 10.6. The number of nitrogens with zero attached hydrogens (tertiary/aromatic N) is 1. The summed E-state index contributed by atoms with van der Waals surface area (Å²) in [6, 6.07) is 4.67. The van der Waals surface area contributed by atoms with Crippen molar-refractivity contribution in [1.29, 1.82) is 0 Å². The third kappa shape index (κ3) is 3.97. The number of carbonyl (C=O) groups excluding carboxylic acids is 1. The smallest absolute Gasteiger partial charge is 0.332 e. The molecule has 1 rings (SSSR count). The quantitative estimate of drug-likeness (QED) is 0.614. The first-order chi connectivity index (χ1) is 8.54. The van der Waals surface area contributed by atoms with E-state index < -0.39 is 6.03 Å². The van der Waals surface area contributed by atoms with Gasteiger partial charge in [0.1, 0.15) is 0 Å². The molecule has 1 aromatic rings. The molecule has 0 heterocycles. The minimum Gasteiger partial charge on any atom is -0.493 e. The predicted octanol–water partition coefficient (Wildman–Crippen LogP) is 1.48. The lowest BCUT2D eigenvalue weighted by Gasteiger charge is -2.15. The van der Waals surface area contributed by atoms with E-state index in [2.05, 4.69) is 10.5 Å². The summed E-state index contributed by atoms with van der Waals surface area (Å²) >= 11 is 0. The van der Waals surface area contributed by atoms with Gasteiger partial charge in [0.2, 0.25) is 0 Å². The summed E-state index contributed by atoms with van der Waals surface area (Å²) in [4.78, 5) is 10.5. The van der Waals surface area contributed by atoms with Crippen LogP contribution < -0.4 is 20.6 Å². The van der Waals surface area contributed by atoms with E-state index >= 15 is 0 Å². The molecule has 98 valence electrons. The Morgan fingerprint density at radius 1 is 1.50 bits per heavy atom. The number of ether oxygens (including phenoxy) is 2. The Bertz CT molecular complexity index is 444. The maximum atomic E-state index is 10.5. The second kappa shape index (κ2) is 6.48. The minimum absolute atomic E-state index is 0.00227. The van der Waals surface area contributed by atoms with Crippen LogP contribution in [0.4, 0.5) is 4.79 Å². The van der Waals surface area contributed by atoms with Crippen LogP contribution in [-0.4, -0.2) is 25.5 Å². The van der Waals surface area contributed by atoms with Crippen LogP contribution in [0.5, 0.6) is 11.5 Å². The third-order valence-corrected chi connectivity index (χ3v) is 1.96. The molecule has 0 aliphatic rings. The molecular formula is C12H17N3O3. The van der Waals surface area contributed by atoms with Gasteiger partial charge in [-0.1, -0.05) is 6.07 Å². The van der Waals surface area contributed by atoms with E-state index in [0.29, 0.717) is 17.1 Å². The van der Waals surface area contributed by atoms with Crippen LogP contribution in [0.1, 0.15) is 19.4 Å². The van der Waals surface area contributed by atoms with Crippen molar-refractivity contribution >= 4 is 12.2 Å². The average molecular weight is 251 g/mol. The normalized spacial score (nSPS) is 10.7. The molecule has 6 heteroatoms. The summed E-state index contributed by atoms with van der Waals surface area (Å²) in [5, 5.41) is 3.70. The van der Waals surface area contributed by atoms with Gasteiger partial charge in [-0.2, -0.15) is 5.10 Å². The van der Waals surface area contributed by atoms with E-state index in [1.165, 1.54) is 6.21 Å². The van der Waals surface area contributed by atoms with Gasteiger partial charge in [-0.15, -0.1) is 0 Å². The average Bonchev–Trinajstić information content (AvgIpc) is 2.30. The molecule has 0 fully saturated rings. The standard InChI is InChI=1S/C12H17N3O3/c1-8(2)18-11-9(7-14-15-12(13)16)5-4-6-10(11)17-3/h4-8H,1-3H3,(H3,13,15,16). The number of para-hydroxylation sites is 1. The molecule has 1 aromatic carbocycles. The molecule has 0 spiro atoms. The number of carbonyl (C=O) groups is 1. The first kappa shape index (κ1) is 13.8. The second-order valence-electron chi connectivity index (χ2n) is 3.78. The summed E-state index contributed by atoms with van der Waals surface area (Å²) in [5.74, 6) is 1.18. The Hall–Kier alpha value is -2.24. The molecule has 0 aliphatic carbocycles. The van der Waals surface area contributed by atoms with Crippen LogP contribution in [0.25, 0.3) is 0 Å². The van der Waals surface area contributed by atoms with E-state index in [1.807, 2.05) is 13.8 Å². The Balaban J connectivity index is 3.01. The fourth-order valence-corrected chi connectivity index (χ4v) is 1.32. The lowest BCUT2D eigenvalue weighted by Crippen LogP contribution is -2.24. The number of hydrazone groups is 1. The Morgan fingerprint density at radius 2 is 2.22 bits per heavy atom. The third-order valence-electron chi connectivity index (χ3n) is 1.96. The largest absolute Gasteiger partial charge is 0.493 e. The zero-order valence-electron chi connectivity index (χ0n) is 10.6. The van der Waals surface area contributed by atoms with Crippen molar-refractivity contribution in [2.24, 2.45) is 10.8 Å². The molecule has 0 aliphatic heterocycles. The molecule has 6 nitrogen and oxygen atoms in total. The van der Waals surface area contributed by atoms with E-state index in [1.54, 1.807) is 25.3 Å². The monoisotopic (exact) mass is 251 g/mol. The lowest BCUT2D eigenvalue weighted by atomic mass is 10.2. The molecule has 0 atom stereocenters. The number of primary amides is 1. The molecule has 18 heavy (non-hydrogen) atoms. The minimum atomic E-state index is -0.722. The van der Waals surface area contributed by atoms with Gasteiger partial charge in [-0.25, -0.2) is 10.2 Å². The highest BCUT2D eigenvalue weighted by atomic mass is 16.5. The topological polar surface area (TPSA) is 85.9 Å². The molecule has 0 saturated carbocycles. The number of hydrogen-bond donors (Lipinski definition) is 2. The van der Waals surface area contributed by atoms with E-state index in [4.69, 9.17) is 15.2 Å². The summed E-state index contributed by atoms with van der Waals surface area (Å²) in [6.07, 6.45) is 1.45. The number of nitrogens with two attached hydrogens (primary N) is 1. The number of rotatable bonds is 5. The molecule has 0 saturated heterocycles. The molecule has 0 unspecified atom stereocenters. The summed E-state index contributed by atoms with van der Waals surface area (Å²) in [7, 11) is 1.56. The fourth-order valence-electron chi connectivity index (χ4n) is 1.32. The molecule has 0 aromatic heterocycles. The molecule has 3 N–H and O–H groups in total. The van der Waals surface area contributed by atoms with Crippen LogP contribution in [-0.2, 0) is 0 Å². The van der Waals surface area contributed by atoms with Crippen molar-refractivity contribution in [3.8, 4) is 11.5 Å². The first-order valence-corrected chi connectivity index (χ1v) is 5.46. The first-order valence-electron chi connectivity index (χ1n) is 5.46. The number of benzene rings is 1. The number of amides is 2. The number of nitrogens with one attached hydrogen (secondary N) is 1. The highest BCUT2D eigenvalue weighted by Gasteiger charge is 2.10. The second-order valence-corrected chi connectivity index (χ2v) is 3.78. The zero-order chi connectivity index (χ0) is 13.5. The Morgan fingerprint density at radius 3 is 2.78 bits per heavy atom. The van der Waals surface area contributed by atoms with Crippen molar-refractivity contribution < 1.29 is 14.3 Å². The van der Waals surface area contributed by atoms with E-state index in [9.17, 15) is 4.79 Å². The maximum absolute atomic E-state index is 10.5. The maximum Gasteiger partial charge on any atom is 0.332 e. The van der Waals surface area contributed by atoms with Crippen LogP contribution >= 0.6 is 0 Å². The number of urea groups is 1. The van der Waals surface area contributed by atoms with Crippen molar-refractivity contribution in [2.45, 2.75) is 20.0 Å². The fraction of sp³-hybridized carbons (Fsp3) is 0.333. The van der Waals surface area contributed by atoms with E-state index in [-0.39, 0.29) is 6.10 Å². The van der Waals surface area contributed by atoms with Gasteiger partial charge in [-0.3, -0.25) is 0 Å². The summed E-state index contributed by atoms with van der Waals surface area (Å²) < 4.78 is 10.9. The van der Waals surface area contributed by atoms with Gasteiger partial charge in [-0.05, 0) is 26.0 Å². The van der Waals surface area contributed by atoms with Gasteiger partial charge in [0.25, 0.3) is 0 Å². The van der Waals surface area contributed by atoms with Crippen LogP contribution in [0.3, 0.4) is 0 Å². The SMILES string of the molecule is COc1cccc(C=NNC(N)=O)c1OC(C)C. The Kier molecular flexibility index (Phi) is 4.98. The lowest BCUT2D eigenvalue weighted by molar-refractivity contribution is 0.229. The molecule has 0 radical (unpaired) electrons. The van der Waals surface area contributed by atoms with Crippen LogP contribution in [0, 0.1) is 0 Å². The predicted molar refractivity (Wildman–Crippen MR) is 69.1 cm³/mol. The van der Waals surface area contributed by atoms with Crippen molar-refractivity contribution in [3.63, 3.8) is 0 Å². The summed E-state index contributed by atoms with van der Waals surface area (Å²) in [5.41, 5.74) is 7.73. The van der Waals surface area contributed by atoms with Gasteiger partial charge >= 0.3 is 6.03 Å². The number of methoxy groups -OCH3 is 1. The van der Waals surface area contributed by atoms with Gasteiger partial charge in [0.15, 0.2) is 11.5 Å². The van der Waals surface area contributed by atoms with Crippen LogP contribution in [0.2, 0.25) is 0 Å². The molecular weight excluding hydrogens is 234 g/mol. The van der Waals surface area contributed by atoms with Crippen molar-refractivity contribution in [2.75, 3.05) is 7.11 Å². The highest BCUT2D eigenvalue weighted by Crippen LogP contribution is 2.30. The number of hydrogen-bond acceptors (Lipinski definition) is 4. The van der Waals surface area contributed by atoms with Gasteiger partial charge in [0.05, 0.1) is 19.4 Å². The Labute approximate surface area is 106 Å². The molecule has 2 amide bonds. The van der Waals surface area contributed by atoms with Gasteiger partial charge in [0, 0.05) is 5.56 Å². The van der Waals surface area contributed by atoms with E-state index in [0.717, 1.165) is 0 Å². The van der Waals surface area contributed by atoms with Crippen molar-refractivity contribution in [3.05, 3.63) is 23.8 Å². The van der Waals surface area contributed by atoms with Gasteiger partial charge < -0.3 is 15.2 Å².